The van der Waals surface area contributed by atoms with Crippen molar-refractivity contribution in [2.24, 2.45) is 0 Å². The third-order valence-corrected chi connectivity index (χ3v) is 2.57. The molecule has 0 saturated heterocycles. The molecule has 0 atom stereocenters. The van der Waals surface area contributed by atoms with Gasteiger partial charge in [0.25, 0.3) is 0 Å². The molecule has 0 N–H and O–H groups in total. The Balaban J connectivity index is 3.11. The van der Waals surface area contributed by atoms with Gasteiger partial charge in [-0.05, 0) is 18.6 Å². The first-order valence-corrected chi connectivity index (χ1v) is 5.57. The van der Waals surface area contributed by atoms with E-state index in [0.717, 1.165) is 11.0 Å². The van der Waals surface area contributed by atoms with E-state index in [2.05, 4.69) is 0 Å². The molecule has 17 heavy (non-hydrogen) atoms. The van der Waals surface area contributed by atoms with Gasteiger partial charge in [-0.25, -0.2) is 4.39 Å². The molecule has 0 aliphatic heterocycles. The van der Waals surface area contributed by atoms with Crippen molar-refractivity contribution in [3.8, 4) is 0 Å². The van der Waals surface area contributed by atoms with Crippen LogP contribution in [0.25, 0.3) is 0 Å². The van der Waals surface area contributed by atoms with Crippen LogP contribution in [0.4, 0.5) is 23.2 Å². The summed E-state index contributed by atoms with van der Waals surface area (Å²) in [6, 6.07) is 4.08. The van der Waals surface area contributed by atoms with Gasteiger partial charge in [0.05, 0.1) is 5.69 Å². The second-order valence-corrected chi connectivity index (χ2v) is 3.78. The summed E-state index contributed by atoms with van der Waals surface area (Å²) < 4.78 is 50.6. The van der Waals surface area contributed by atoms with E-state index in [1.54, 1.807) is 0 Å². The van der Waals surface area contributed by atoms with E-state index >= 15 is 0 Å². The highest BCUT2D eigenvalue weighted by atomic mass is 35.5. The molecule has 1 nitrogen and oxygen atoms in total. The number of anilines is 1. The molecule has 0 amide bonds. The summed E-state index contributed by atoms with van der Waals surface area (Å²) >= 11 is 5.60. The summed E-state index contributed by atoms with van der Waals surface area (Å²) in [6.07, 6.45) is -4.37. The Morgan fingerprint density at radius 2 is 1.94 bits per heavy atom. The Hall–Kier alpha value is -0.970. The summed E-state index contributed by atoms with van der Waals surface area (Å²) in [5.74, 6) is -0.712. The molecule has 0 aliphatic rings. The SMILES string of the molecule is CCN(CC(F)(F)F)c1c(F)cccc1CCl. The topological polar surface area (TPSA) is 3.24 Å². The van der Waals surface area contributed by atoms with Crippen molar-refractivity contribution in [1.82, 2.24) is 0 Å². The summed E-state index contributed by atoms with van der Waals surface area (Å²) in [5, 5.41) is 0. The lowest BCUT2D eigenvalue weighted by molar-refractivity contribution is -0.119. The predicted octanol–water partition coefficient (Wildman–Crippen LogP) is 3.95. The summed E-state index contributed by atoms with van der Waals surface area (Å²) in [7, 11) is 0. The van der Waals surface area contributed by atoms with Crippen molar-refractivity contribution in [3.05, 3.63) is 29.6 Å². The van der Waals surface area contributed by atoms with E-state index in [-0.39, 0.29) is 18.1 Å². The number of para-hydroxylation sites is 1. The maximum Gasteiger partial charge on any atom is 0.405 e. The van der Waals surface area contributed by atoms with E-state index < -0.39 is 18.5 Å². The quantitative estimate of drug-likeness (QED) is 0.591. The Bertz CT molecular complexity index is 378. The summed E-state index contributed by atoms with van der Waals surface area (Å²) in [6.45, 7) is 0.412. The van der Waals surface area contributed by atoms with Gasteiger partial charge in [0.2, 0.25) is 0 Å². The maximum absolute atomic E-state index is 13.6. The van der Waals surface area contributed by atoms with Crippen LogP contribution >= 0.6 is 11.6 Å². The Kier molecular flexibility index (Phi) is 4.62. The molecule has 0 unspecified atom stereocenters. The molecular formula is C11H12ClF4N. The van der Waals surface area contributed by atoms with Crippen LogP contribution in [0.15, 0.2) is 18.2 Å². The third kappa shape index (κ3) is 3.77. The Labute approximate surface area is 102 Å². The second kappa shape index (κ2) is 5.58. The minimum Gasteiger partial charge on any atom is -0.360 e. The van der Waals surface area contributed by atoms with Crippen LogP contribution in [-0.4, -0.2) is 19.3 Å². The second-order valence-electron chi connectivity index (χ2n) is 3.51. The minimum absolute atomic E-state index is 0.0263. The molecule has 1 rings (SSSR count). The van der Waals surface area contributed by atoms with Gasteiger partial charge in [0.15, 0.2) is 0 Å². The average molecular weight is 270 g/mol. The third-order valence-electron chi connectivity index (χ3n) is 2.28. The Morgan fingerprint density at radius 3 is 2.41 bits per heavy atom. The molecule has 0 spiro atoms. The van der Waals surface area contributed by atoms with E-state index in [0.29, 0.717) is 5.56 Å². The molecule has 0 radical (unpaired) electrons. The van der Waals surface area contributed by atoms with E-state index in [1.807, 2.05) is 0 Å². The molecule has 1 aromatic carbocycles. The number of halogens is 5. The van der Waals surface area contributed by atoms with Gasteiger partial charge < -0.3 is 4.90 Å². The van der Waals surface area contributed by atoms with Crippen LogP contribution in [0.1, 0.15) is 12.5 Å². The van der Waals surface area contributed by atoms with Crippen molar-refractivity contribution in [2.45, 2.75) is 19.0 Å². The van der Waals surface area contributed by atoms with Gasteiger partial charge in [0.1, 0.15) is 12.4 Å². The first kappa shape index (κ1) is 14.1. The van der Waals surface area contributed by atoms with Gasteiger partial charge in [-0.15, -0.1) is 11.6 Å². The normalized spacial score (nSPS) is 11.6. The van der Waals surface area contributed by atoms with Gasteiger partial charge >= 0.3 is 6.18 Å². The number of nitrogens with zero attached hydrogens (tertiary/aromatic N) is 1. The van der Waals surface area contributed by atoms with Gasteiger partial charge in [-0.3, -0.25) is 0 Å². The number of alkyl halides is 4. The highest BCUT2D eigenvalue weighted by Gasteiger charge is 2.31. The molecule has 6 heteroatoms. The first-order valence-electron chi connectivity index (χ1n) is 5.04. The fourth-order valence-electron chi connectivity index (χ4n) is 1.59. The van der Waals surface area contributed by atoms with Crippen LogP contribution in [0.5, 0.6) is 0 Å². The van der Waals surface area contributed by atoms with Crippen molar-refractivity contribution < 1.29 is 17.6 Å². The molecule has 0 fully saturated rings. The first-order chi connectivity index (χ1) is 7.89. The fourth-order valence-corrected chi connectivity index (χ4v) is 1.80. The van der Waals surface area contributed by atoms with Gasteiger partial charge in [0, 0.05) is 12.4 Å². The number of hydrogen-bond donors (Lipinski definition) is 0. The lowest BCUT2D eigenvalue weighted by atomic mass is 10.1. The monoisotopic (exact) mass is 269 g/mol. The Morgan fingerprint density at radius 1 is 1.29 bits per heavy atom. The zero-order valence-electron chi connectivity index (χ0n) is 9.19. The van der Waals surface area contributed by atoms with Gasteiger partial charge in [-0.1, -0.05) is 12.1 Å². The minimum atomic E-state index is -4.37. The predicted molar refractivity (Wildman–Crippen MR) is 59.9 cm³/mol. The van der Waals surface area contributed by atoms with Crippen molar-refractivity contribution in [3.63, 3.8) is 0 Å². The zero-order valence-corrected chi connectivity index (χ0v) is 9.95. The van der Waals surface area contributed by atoms with Crippen LogP contribution in [0, 0.1) is 5.82 Å². The lowest BCUT2D eigenvalue weighted by Crippen LogP contribution is -2.35. The fraction of sp³-hybridized carbons (Fsp3) is 0.455. The molecule has 96 valence electrons. The highest BCUT2D eigenvalue weighted by molar-refractivity contribution is 6.17. The number of rotatable bonds is 4. The van der Waals surface area contributed by atoms with E-state index in [9.17, 15) is 17.6 Å². The molecule has 0 aliphatic carbocycles. The van der Waals surface area contributed by atoms with Crippen molar-refractivity contribution in [1.29, 1.82) is 0 Å². The number of benzene rings is 1. The van der Waals surface area contributed by atoms with Crippen molar-refractivity contribution in [2.75, 3.05) is 18.0 Å². The molecule has 0 bridgehead atoms. The molecular weight excluding hydrogens is 258 g/mol. The summed E-state index contributed by atoms with van der Waals surface area (Å²) in [5.41, 5.74) is 0.292. The zero-order chi connectivity index (χ0) is 13.1. The number of hydrogen-bond acceptors (Lipinski definition) is 1. The molecule has 0 saturated carbocycles. The molecule has 1 aromatic rings. The average Bonchev–Trinajstić information content (AvgIpc) is 2.24. The van der Waals surface area contributed by atoms with E-state index in [4.69, 9.17) is 11.6 Å². The van der Waals surface area contributed by atoms with Crippen molar-refractivity contribution >= 4 is 17.3 Å². The highest BCUT2D eigenvalue weighted by Crippen LogP contribution is 2.28. The maximum atomic E-state index is 13.6. The van der Waals surface area contributed by atoms with Crippen LogP contribution in [0.3, 0.4) is 0 Å². The van der Waals surface area contributed by atoms with Crippen LogP contribution < -0.4 is 4.90 Å². The molecule has 0 aromatic heterocycles. The standard InChI is InChI=1S/C11H12ClF4N/c1-2-17(7-11(14,15)16)10-8(6-12)4-3-5-9(10)13/h3-5H,2,6-7H2,1H3. The van der Waals surface area contributed by atoms with E-state index in [1.165, 1.54) is 19.1 Å². The smallest absolute Gasteiger partial charge is 0.360 e. The largest absolute Gasteiger partial charge is 0.405 e. The summed E-state index contributed by atoms with van der Waals surface area (Å²) in [4.78, 5) is 0.938. The lowest BCUT2D eigenvalue weighted by Gasteiger charge is -2.26. The van der Waals surface area contributed by atoms with Gasteiger partial charge in [-0.2, -0.15) is 13.2 Å². The van der Waals surface area contributed by atoms with Crippen LogP contribution in [-0.2, 0) is 5.88 Å². The molecule has 0 heterocycles. The van der Waals surface area contributed by atoms with Crippen LogP contribution in [0.2, 0.25) is 0 Å².